The highest BCUT2D eigenvalue weighted by Gasteiger charge is 2.30. The summed E-state index contributed by atoms with van der Waals surface area (Å²) < 4.78 is 50.2. The number of hydrogen-bond acceptors (Lipinski definition) is 1. The maximum atomic E-state index is 11.5. The Morgan fingerprint density at radius 1 is 1.10 bits per heavy atom. The van der Waals surface area contributed by atoms with E-state index in [1.165, 1.54) is 6.92 Å². The quantitative estimate of drug-likeness (QED) is 0.571. The van der Waals surface area contributed by atoms with Crippen molar-refractivity contribution >= 4 is 0 Å². The molecule has 0 unspecified atom stereocenters. The summed E-state index contributed by atoms with van der Waals surface area (Å²) >= 11 is 0. The fourth-order valence-electron chi connectivity index (χ4n) is 0.448. The van der Waals surface area contributed by atoms with Gasteiger partial charge in [-0.2, -0.15) is 0 Å². The number of halogens is 4. The minimum absolute atomic E-state index is 0.126. The second-order valence-corrected chi connectivity index (χ2v) is 1.59. The normalized spacial score (nSPS) is 12.0. The van der Waals surface area contributed by atoms with Crippen LogP contribution in [0, 0.1) is 0 Å². The molecule has 0 spiro atoms. The van der Waals surface area contributed by atoms with E-state index in [1.807, 2.05) is 0 Å². The lowest BCUT2D eigenvalue weighted by Gasteiger charge is -2.13. The molecule has 0 aromatic rings. The van der Waals surface area contributed by atoms with E-state index in [9.17, 15) is 17.6 Å². The Labute approximate surface area is 56.0 Å². The molecule has 62 valence electrons. The van der Waals surface area contributed by atoms with Crippen LogP contribution in [0.15, 0.2) is 0 Å². The summed E-state index contributed by atoms with van der Waals surface area (Å²) in [6.45, 7) is 1.26. The van der Waals surface area contributed by atoms with E-state index in [4.69, 9.17) is 0 Å². The lowest BCUT2D eigenvalue weighted by Crippen LogP contribution is -2.29. The van der Waals surface area contributed by atoms with E-state index in [1.54, 1.807) is 0 Å². The van der Waals surface area contributed by atoms with Gasteiger partial charge >= 0.3 is 0 Å². The molecule has 0 amide bonds. The van der Waals surface area contributed by atoms with Gasteiger partial charge in [0.15, 0.2) is 6.10 Å². The van der Waals surface area contributed by atoms with E-state index < -0.39 is 19.0 Å². The van der Waals surface area contributed by atoms with E-state index in [2.05, 4.69) is 4.74 Å². The highest BCUT2D eigenvalue weighted by molar-refractivity contribution is 4.62. The summed E-state index contributed by atoms with van der Waals surface area (Å²) in [5, 5.41) is 0. The van der Waals surface area contributed by atoms with Crippen molar-refractivity contribution in [2.45, 2.75) is 25.9 Å². The van der Waals surface area contributed by atoms with Gasteiger partial charge in [0.1, 0.15) is 0 Å². The van der Waals surface area contributed by atoms with Crippen LogP contribution in [0.4, 0.5) is 17.6 Å². The number of hydrogen-bond donors (Lipinski definition) is 0. The fraction of sp³-hybridized carbons (Fsp3) is 1.00. The van der Waals surface area contributed by atoms with E-state index in [-0.39, 0.29) is 6.61 Å². The lowest BCUT2D eigenvalue weighted by molar-refractivity contribution is -0.124. The van der Waals surface area contributed by atoms with Crippen LogP contribution in [0.5, 0.6) is 0 Å². The summed E-state index contributed by atoms with van der Waals surface area (Å²) in [4.78, 5) is 0. The summed E-state index contributed by atoms with van der Waals surface area (Å²) in [7, 11) is 0. The molecule has 0 saturated carbocycles. The molecule has 0 aliphatic heterocycles. The van der Waals surface area contributed by atoms with Crippen LogP contribution < -0.4 is 0 Å². The van der Waals surface area contributed by atoms with Gasteiger partial charge in [0.25, 0.3) is 12.9 Å². The molecule has 5 heteroatoms. The van der Waals surface area contributed by atoms with Gasteiger partial charge in [-0.3, -0.25) is 0 Å². The Morgan fingerprint density at radius 3 is 1.60 bits per heavy atom. The van der Waals surface area contributed by atoms with Crippen molar-refractivity contribution in [3.8, 4) is 0 Å². The summed E-state index contributed by atoms with van der Waals surface area (Å²) in [6, 6.07) is 0. The van der Waals surface area contributed by atoms with Crippen LogP contribution in [0.2, 0.25) is 0 Å². The molecule has 0 aliphatic rings. The Kier molecular flexibility index (Phi) is 4.34. The number of rotatable bonds is 4. The van der Waals surface area contributed by atoms with Gasteiger partial charge < -0.3 is 4.74 Å². The topological polar surface area (TPSA) is 9.23 Å². The molecular formula is C5H8F4O. The molecule has 1 nitrogen and oxygen atoms in total. The highest BCUT2D eigenvalue weighted by atomic mass is 19.3. The molecular weight excluding hydrogens is 152 g/mol. The lowest BCUT2D eigenvalue weighted by atomic mass is 10.4. The largest absolute Gasteiger partial charge is 0.367 e. The fourth-order valence-corrected chi connectivity index (χ4v) is 0.448. The maximum Gasteiger partial charge on any atom is 0.269 e. The average Bonchev–Trinajstić information content (AvgIpc) is 1.81. The first-order chi connectivity index (χ1) is 4.59. The van der Waals surface area contributed by atoms with Gasteiger partial charge in [0.05, 0.1) is 0 Å². The van der Waals surface area contributed by atoms with Crippen LogP contribution >= 0.6 is 0 Å². The van der Waals surface area contributed by atoms with Gasteiger partial charge in [-0.15, -0.1) is 0 Å². The molecule has 10 heavy (non-hydrogen) atoms. The van der Waals surface area contributed by atoms with E-state index >= 15 is 0 Å². The Hall–Kier alpha value is -0.320. The monoisotopic (exact) mass is 160 g/mol. The van der Waals surface area contributed by atoms with Gasteiger partial charge in [0.2, 0.25) is 0 Å². The van der Waals surface area contributed by atoms with Crippen LogP contribution in [-0.4, -0.2) is 25.6 Å². The van der Waals surface area contributed by atoms with Crippen LogP contribution in [0.1, 0.15) is 6.92 Å². The van der Waals surface area contributed by atoms with Crippen molar-refractivity contribution in [1.29, 1.82) is 0 Å². The van der Waals surface area contributed by atoms with Crippen LogP contribution in [0.25, 0.3) is 0 Å². The molecule has 0 N–H and O–H groups in total. The summed E-state index contributed by atoms with van der Waals surface area (Å²) in [5.74, 6) is 0. The zero-order chi connectivity index (χ0) is 8.15. The molecule has 0 aromatic carbocycles. The minimum Gasteiger partial charge on any atom is -0.367 e. The van der Waals surface area contributed by atoms with E-state index in [0.717, 1.165) is 0 Å². The van der Waals surface area contributed by atoms with Crippen molar-refractivity contribution in [2.75, 3.05) is 6.61 Å². The second-order valence-electron chi connectivity index (χ2n) is 1.59. The minimum atomic E-state index is -3.11. The molecule has 0 fully saturated rings. The van der Waals surface area contributed by atoms with Gasteiger partial charge in [0, 0.05) is 6.61 Å². The highest BCUT2D eigenvalue weighted by Crippen LogP contribution is 2.13. The van der Waals surface area contributed by atoms with Gasteiger partial charge in [-0.25, -0.2) is 17.6 Å². The predicted molar refractivity (Wildman–Crippen MR) is 27.4 cm³/mol. The zero-order valence-corrected chi connectivity index (χ0v) is 5.36. The molecule has 0 radical (unpaired) electrons. The van der Waals surface area contributed by atoms with Crippen molar-refractivity contribution in [3.63, 3.8) is 0 Å². The Morgan fingerprint density at radius 2 is 1.50 bits per heavy atom. The molecule has 0 atom stereocenters. The molecule has 0 rings (SSSR count). The predicted octanol–water partition coefficient (Wildman–Crippen LogP) is 1.92. The van der Waals surface area contributed by atoms with Crippen LogP contribution in [-0.2, 0) is 4.74 Å². The van der Waals surface area contributed by atoms with Crippen molar-refractivity contribution in [2.24, 2.45) is 0 Å². The maximum absolute atomic E-state index is 11.5. The third-order valence-corrected chi connectivity index (χ3v) is 0.856. The van der Waals surface area contributed by atoms with Crippen molar-refractivity contribution in [1.82, 2.24) is 0 Å². The number of alkyl halides is 4. The first-order valence-corrected chi connectivity index (χ1v) is 2.77. The Bertz CT molecular complexity index is 77.7. The molecule has 0 aromatic heterocycles. The molecule has 0 saturated heterocycles. The standard InChI is InChI=1S/C5H8F4O/c1-2-10-3(4(6)7)5(8)9/h3-5H,2H2,1H3. The summed E-state index contributed by atoms with van der Waals surface area (Å²) in [5.41, 5.74) is 0. The number of ether oxygens (including phenoxy) is 1. The van der Waals surface area contributed by atoms with Gasteiger partial charge in [-0.05, 0) is 6.92 Å². The van der Waals surface area contributed by atoms with E-state index in [0.29, 0.717) is 0 Å². The average molecular weight is 160 g/mol. The van der Waals surface area contributed by atoms with Gasteiger partial charge in [-0.1, -0.05) is 0 Å². The Balaban J connectivity index is 3.73. The zero-order valence-electron chi connectivity index (χ0n) is 5.36. The van der Waals surface area contributed by atoms with Crippen molar-refractivity contribution in [3.05, 3.63) is 0 Å². The van der Waals surface area contributed by atoms with Crippen molar-refractivity contribution < 1.29 is 22.3 Å². The summed E-state index contributed by atoms with van der Waals surface area (Å²) in [6.07, 6.45) is -8.45. The third-order valence-electron chi connectivity index (χ3n) is 0.856. The van der Waals surface area contributed by atoms with Crippen LogP contribution in [0.3, 0.4) is 0 Å². The second kappa shape index (κ2) is 4.49. The molecule has 0 heterocycles. The molecule has 0 aliphatic carbocycles. The SMILES string of the molecule is CCOC(C(F)F)C(F)F. The first-order valence-electron chi connectivity index (χ1n) is 2.77. The molecule has 0 bridgehead atoms. The smallest absolute Gasteiger partial charge is 0.269 e. The first kappa shape index (κ1) is 9.68. The third kappa shape index (κ3) is 3.00.